The number of amides is 2. The molecule has 0 aromatic heterocycles. The zero-order valence-corrected chi connectivity index (χ0v) is 14.3. The van der Waals surface area contributed by atoms with Crippen molar-refractivity contribution >= 4 is 27.7 Å². The van der Waals surface area contributed by atoms with Gasteiger partial charge in [-0.2, -0.15) is 0 Å². The topological polar surface area (TPSA) is 49.4 Å². The predicted molar refractivity (Wildman–Crippen MR) is 88.1 cm³/mol. The van der Waals surface area contributed by atoms with Crippen molar-refractivity contribution in [1.29, 1.82) is 0 Å². The third kappa shape index (κ3) is 3.19. The largest absolute Gasteiger partial charge is 0.349 e. The first-order valence-corrected chi connectivity index (χ1v) is 8.63. The van der Waals surface area contributed by atoms with E-state index in [1.807, 2.05) is 12.1 Å². The van der Waals surface area contributed by atoms with Crippen LogP contribution in [0.15, 0.2) is 28.7 Å². The van der Waals surface area contributed by atoms with Crippen molar-refractivity contribution in [2.45, 2.75) is 31.7 Å². The Hall–Kier alpha value is -1.36. The van der Waals surface area contributed by atoms with Gasteiger partial charge in [0.15, 0.2) is 0 Å². The quantitative estimate of drug-likeness (QED) is 0.892. The molecule has 1 heterocycles. The molecule has 0 bridgehead atoms. The summed E-state index contributed by atoms with van der Waals surface area (Å²) in [5.41, 5.74) is 1.15. The first-order valence-electron chi connectivity index (χ1n) is 7.84. The Balaban J connectivity index is 1.71. The minimum Gasteiger partial charge on any atom is -0.349 e. The maximum Gasteiger partial charge on any atom is 0.225 e. The van der Waals surface area contributed by atoms with E-state index in [2.05, 4.69) is 33.4 Å². The van der Waals surface area contributed by atoms with Crippen molar-refractivity contribution in [3.8, 4) is 0 Å². The highest BCUT2D eigenvalue weighted by Gasteiger charge is 2.35. The summed E-state index contributed by atoms with van der Waals surface area (Å²) < 4.78 is 1.04. The van der Waals surface area contributed by atoms with Gasteiger partial charge in [0, 0.05) is 24.5 Å². The van der Waals surface area contributed by atoms with E-state index >= 15 is 0 Å². The molecule has 1 aliphatic carbocycles. The van der Waals surface area contributed by atoms with Gasteiger partial charge < -0.3 is 10.2 Å². The molecular weight excluding hydrogens is 344 g/mol. The van der Waals surface area contributed by atoms with E-state index in [0.29, 0.717) is 18.9 Å². The Bertz CT molecular complexity index is 569. The first kappa shape index (κ1) is 15.5. The molecule has 2 amide bonds. The van der Waals surface area contributed by atoms with Gasteiger partial charge in [-0.1, -0.05) is 34.5 Å². The lowest BCUT2D eigenvalue weighted by molar-refractivity contribution is -0.128. The molecule has 5 heteroatoms. The average molecular weight is 365 g/mol. The number of rotatable bonds is 4. The molecule has 2 aliphatic rings. The molecule has 1 N–H and O–H groups in total. The molecule has 0 radical (unpaired) electrons. The van der Waals surface area contributed by atoms with Crippen molar-refractivity contribution in [2.24, 2.45) is 11.8 Å². The van der Waals surface area contributed by atoms with Crippen LogP contribution in [0, 0.1) is 11.8 Å². The molecule has 1 aromatic carbocycles. The highest BCUT2D eigenvalue weighted by atomic mass is 79.9. The smallest absolute Gasteiger partial charge is 0.225 e. The molecule has 2 atom stereocenters. The first-order chi connectivity index (χ1) is 10.5. The average Bonchev–Trinajstić information content (AvgIpc) is 2.77. The van der Waals surface area contributed by atoms with Crippen LogP contribution in [0.25, 0.3) is 0 Å². The van der Waals surface area contributed by atoms with Crippen LogP contribution < -0.4 is 5.32 Å². The third-order valence-electron chi connectivity index (χ3n) is 4.86. The van der Waals surface area contributed by atoms with E-state index in [9.17, 15) is 9.59 Å². The number of hydrogen-bond acceptors (Lipinski definition) is 2. The van der Waals surface area contributed by atoms with Crippen molar-refractivity contribution in [3.05, 3.63) is 34.3 Å². The van der Waals surface area contributed by atoms with Gasteiger partial charge in [0.2, 0.25) is 11.8 Å². The Morgan fingerprint density at radius 3 is 2.50 bits per heavy atom. The highest BCUT2D eigenvalue weighted by Crippen LogP contribution is 2.38. The molecule has 1 saturated heterocycles. The predicted octanol–water partition coefficient (Wildman–Crippen LogP) is 2.88. The van der Waals surface area contributed by atoms with Crippen molar-refractivity contribution < 1.29 is 9.59 Å². The zero-order chi connectivity index (χ0) is 15.7. The normalized spacial score (nSPS) is 23.3. The fourth-order valence-electron chi connectivity index (χ4n) is 3.23. The minimum absolute atomic E-state index is 0.0116. The minimum atomic E-state index is -0.212. The molecule has 1 aromatic rings. The number of likely N-dealkylation sites (tertiary alicyclic amines) is 1. The van der Waals surface area contributed by atoms with Gasteiger partial charge in [0.25, 0.3) is 0 Å². The summed E-state index contributed by atoms with van der Waals surface area (Å²) in [5.74, 6) is 0.372. The van der Waals surface area contributed by atoms with Crippen LogP contribution in [0.1, 0.15) is 37.3 Å². The fraction of sp³-hybridized carbons (Fsp3) is 0.529. The molecule has 2 unspecified atom stereocenters. The number of nitrogens with one attached hydrogen (secondary N) is 1. The SMILES string of the molecule is CN1CC(C(=O)NC(c2ccc(Br)cc2)C2CCC2)CC1=O. The van der Waals surface area contributed by atoms with Gasteiger partial charge in [-0.15, -0.1) is 0 Å². The summed E-state index contributed by atoms with van der Waals surface area (Å²) in [6.45, 7) is 0.530. The molecule has 3 rings (SSSR count). The van der Waals surface area contributed by atoms with Crippen molar-refractivity contribution in [2.75, 3.05) is 13.6 Å². The fourth-order valence-corrected chi connectivity index (χ4v) is 3.49. The van der Waals surface area contributed by atoms with Gasteiger partial charge in [-0.3, -0.25) is 9.59 Å². The van der Waals surface area contributed by atoms with Crippen LogP contribution in [0.5, 0.6) is 0 Å². The maximum absolute atomic E-state index is 12.5. The standard InChI is InChI=1S/C17H21BrN2O2/c1-20-10-13(9-15(20)21)17(22)19-16(11-3-2-4-11)12-5-7-14(18)8-6-12/h5-8,11,13,16H,2-4,9-10H2,1H3,(H,19,22). The number of hydrogen-bond donors (Lipinski definition) is 1. The lowest BCUT2D eigenvalue weighted by Gasteiger charge is -2.35. The Labute approximate surface area is 139 Å². The second kappa shape index (κ2) is 6.41. The molecule has 1 aliphatic heterocycles. The van der Waals surface area contributed by atoms with Crippen LogP contribution in [0.4, 0.5) is 0 Å². The summed E-state index contributed by atoms with van der Waals surface area (Å²) in [4.78, 5) is 25.8. The molecule has 2 fully saturated rings. The number of benzene rings is 1. The van der Waals surface area contributed by atoms with Gasteiger partial charge in [0.1, 0.15) is 0 Å². The van der Waals surface area contributed by atoms with Crippen LogP contribution in [0.3, 0.4) is 0 Å². The van der Waals surface area contributed by atoms with E-state index in [4.69, 9.17) is 0 Å². The molecule has 118 valence electrons. The van der Waals surface area contributed by atoms with E-state index in [0.717, 1.165) is 22.9 Å². The van der Waals surface area contributed by atoms with Gasteiger partial charge in [-0.25, -0.2) is 0 Å². The summed E-state index contributed by atoms with van der Waals surface area (Å²) in [7, 11) is 1.76. The Kier molecular flexibility index (Phi) is 4.52. The monoisotopic (exact) mass is 364 g/mol. The molecule has 0 spiro atoms. The van der Waals surface area contributed by atoms with Crippen LogP contribution >= 0.6 is 15.9 Å². The van der Waals surface area contributed by atoms with Crippen molar-refractivity contribution in [1.82, 2.24) is 10.2 Å². The Morgan fingerprint density at radius 1 is 1.32 bits per heavy atom. The van der Waals surface area contributed by atoms with E-state index < -0.39 is 0 Å². The molecular formula is C17H21BrN2O2. The van der Waals surface area contributed by atoms with Crippen LogP contribution in [-0.4, -0.2) is 30.3 Å². The van der Waals surface area contributed by atoms with E-state index in [-0.39, 0.29) is 23.8 Å². The third-order valence-corrected chi connectivity index (χ3v) is 5.39. The second-order valence-electron chi connectivity index (χ2n) is 6.40. The maximum atomic E-state index is 12.5. The highest BCUT2D eigenvalue weighted by molar-refractivity contribution is 9.10. The summed E-state index contributed by atoms with van der Waals surface area (Å²) in [5, 5.41) is 3.20. The van der Waals surface area contributed by atoms with Gasteiger partial charge in [0.05, 0.1) is 12.0 Å². The molecule has 4 nitrogen and oxygen atoms in total. The molecule has 1 saturated carbocycles. The Morgan fingerprint density at radius 2 is 2.00 bits per heavy atom. The number of carbonyl (C=O) groups excluding carboxylic acids is 2. The van der Waals surface area contributed by atoms with Crippen LogP contribution in [-0.2, 0) is 9.59 Å². The zero-order valence-electron chi connectivity index (χ0n) is 12.7. The number of carbonyl (C=O) groups is 2. The summed E-state index contributed by atoms with van der Waals surface area (Å²) in [6.07, 6.45) is 3.88. The summed E-state index contributed by atoms with van der Waals surface area (Å²) >= 11 is 3.45. The van der Waals surface area contributed by atoms with Gasteiger partial charge in [-0.05, 0) is 36.5 Å². The summed E-state index contributed by atoms with van der Waals surface area (Å²) in [6, 6.07) is 8.23. The number of halogens is 1. The van der Waals surface area contributed by atoms with E-state index in [1.165, 1.54) is 6.42 Å². The lowest BCUT2D eigenvalue weighted by atomic mass is 9.77. The van der Waals surface area contributed by atoms with E-state index in [1.54, 1.807) is 11.9 Å². The number of nitrogens with zero attached hydrogens (tertiary/aromatic N) is 1. The second-order valence-corrected chi connectivity index (χ2v) is 7.32. The van der Waals surface area contributed by atoms with Crippen molar-refractivity contribution in [3.63, 3.8) is 0 Å². The lowest BCUT2D eigenvalue weighted by Crippen LogP contribution is -2.40. The van der Waals surface area contributed by atoms with Gasteiger partial charge >= 0.3 is 0 Å². The molecule has 22 heavy (non-hydrogen) atoms. The van der Waals surface area contributed by atoms with Crippen LogP contribution in [0.2, 0.25) is 0 Å².